The molecule has 2 rings (SSSR count). The molecule has 86 valence electrons. The molecule has 0 aliphatic rings. The molecule has 0 bridgehead atoms. The number of aliphatic hydroxyl groups is 1. The van der Waals surface area contributed by atoms with Crippen LogP contribution in [0.1, 0.15) is 19.6 Å². The smallest absolute Gasteiger partial charge is 0.134 e. The van der Waals surface area contributed by atoms with Crippen molar-refractivity contribution in [3.8, 4) is 0 Å². The summed E-state index contributed by atoms with van der Waals surface area (Å²) in [5.41, 5.74) is 0.625. The minimum atomic E-state index is -0.279. The van der Waals surface area contributed by atoms with Crippen LogP contribution in [0.3, 0.4) is 0 Å². The Morgan fingerprint density at radius 1 is 1.31 bits per heavy atom. The zero-order valence-corrected chi connectivity index (χ0v) is 9.66. The van der Waals surface area contributed by atoms with Gasteiger partial charge < -0.3 is 14.8 Å². The zero-order chi connectivity index (χ0) is 11.6. The molecule has 0 aliphatic carbocycles. The van der Waals surface area contributed by atoms with E-state index < -0.39 is 0 Å². The Bertz CT molecular complexity index is 440. The van der Waals surface area contributed by atoms with Gasteiger partial charge in [0.1, 0.15) is 11.3 Å². The van der Waals surface area contributed by atoms with E-state index in [2.05, 4.69) is 5.32 Å². The average Bonchev–Trinajstić information content (AvgIpc) is 2.69. The fraction of sp³-hybridized carbons (Fsp3) is 0.385. The Morgan fingerprint density at radius 2 is 2.06 bits per heavy atom. The lowest BCUT2D eigenvalue weighted by Crippen LogP contribution is -2.41. The molecule has 1 heterocycles. The second kappa shape index (κ2) is 4.28. The summed E-state index contributed by atoms with van der Waals surface area (Å²) >= 11 is 0. The summed E-state index contributed by atoms with van der Waals surface area (Å²) in [6.07, 6.45) is 0. The van der Waals surface area contributed by atoms with Gasteiger partial charge >= 0.3 is 0 Å². The van der Waals surface area contributed by atoms with Crippen LogP contribution in [-0.2, 0) is 6.54 Å². The van der Waals surface area contributed by atoms with Crippen LogP contribution in [0.5, 0.6) is 0 Å². The number of benzene rings is 1. The quantitative estimate of drug-likeness (QED) is 0.829. The molecule has 0 spiro atoms. The van der Waals surface area contributed by atoms with Crippen LogP contribution in [0.15, 0.2) is 34.7 Å². The summed E-state index contributed by atoms with van der Waals surface area (Å²) < 4.78 is 5.66. The Kier molecular flexibility index (Phi) is 2.99. The minimum absolute atomic E-state index is 0.104. The summed E-state index contributed by atoms with van der Waals surface area (Å²) in [5, 5.41) is 13.5. The molecule has 1 aromatic heterocycles. The molecule has 2 N–H and O–H groups in total. The molecule has 0 aliphatic heterocycles. The van der Waals surface area contributed by atoms with Gasteiger partial charge in [-0.25, -0.2) is 0 Å². The first-order valence-electron chi connectivity index (χ1n) is 5.44. The van der Waals surface area contributed by atoms with Crippen LogP contribution < -0.4 is 5.32 Å². The van der Waals surface area contributed by atoms with Gasteiger partial charge in [-0.1, -0.05) is 18.2 Å². The van der Waals surface area contributed by atoms with Gasteiger partial charge in [0.2, 0.25) is 0 Å². The van der Waals surface area contributed by atoms with Gasteiger partial charge in [0, 0.05) is 10.9 Å². The van der Waals surface area contributed by atoms with Gasteiger partial charge in [0.15, 0.2) is 0 Å². The second-order valence-electron chi connectivity index (χ2n) is 4.65. The molecule has 16 heavy (non-hydrogen) atoms. The molecule has 2 aromatic rings. The predicted octanol–water partition coefficient (Wildman–Crippen LogP) is 2.29. The highest BCUT2D eigenvalue weighted by Crippen LogP contribution is 2.19. The summed E-state index contributed by atoms with van der Waals surface area (Å²) in [5.74, 6) is 0.891. The molecule has 0 unspecified atom stereocenters. The number of hydrogen-bond donors (Lipinski definition) is 2. The maximum Gasteiger partial charge on any atom is 0.134 e. The van der Waals surface area contributed by atoms with Crippen LogP contribution in [-0.4, -0.2) is 17.3 Å². The third-order valence-electron chi connectivity index (χ3n) is 2.61. The number of rotatable bonds is 4. The Morgan fingerprint density at radius 3 is 2.75 bits per heavy atom. The van der Waals surface area contributed by atoms with Crippen molar-refractivity contribution in [2.75, 3.05) is 6.61 Å². The molecule has 3 heteroatoms. The van der Waals surface area contributed by atoms with Crippen LogP contribution in [0, 0.1) is 0 Å². The van der Waals surface area contributed by atoms with E-state index in [1.165, 1.54) is 0 Å². The first-order valence-corrected chi connectivity index (χ1v) is 5.44. The van der Waals surface area contributed by atoms with Crippen LogP contribution >= 0.6 is 0 Å². The van der Waals surface area contributed by atoms with Gasteiger partial charge in [0.05, 0.1) is 13.2 Å². The van der Waals surface area contributed by atoms with Crippen LogP contribution in [0.2, 0.25) is 0 Å². The van der Waals surface area contributed by atoms with Crippen LogP contribution in [0.4, 0.5) is 0 Å². The number of hydrogen-bond acceptors (Lipinski definition) is 3. The average molecular weight is 219 g/mol. The topological polar surface area (TPSA) is 45.4 Å². The van der Waals surface area contributed by atoms with Crippen molar-refractivity contribution in [1.82, 2.24) is 5.32 Å². The lowest BCUT2D eigenvalue weighted by molar-refractivity contribution is 0.185. The van der Waals surface area contributed by atoms with E-state index >= 15 is 0 Å². The Labute approximate surface area is 95.1 Å². The van der Waals surface area contributed by atoms with Gasteiger partial charge in [-0.2, -0.15) is 0 Å². The molecule has 1 aromatic carbocycles. The molecule has 3 nitrogen and oxygen atoms in total. The van der Waals surface area contributed by atoms with E-state index in [0.29, 0.717) is 6.54 Å². The van der Waals surface area contributed by atoms with Gasteiger partial charge in [-0.05, 0) is 26.0 Å². The van der Waals surface area contributed by atoms with E-state index in [0.717, 1.165) is 16.7 Å². The molecule has 0 atom stereocenters. The van der Waals surface area contributed by atoms with Crippen LogP contribution in [0.25, 0.3) is 11.0 Å². The summed E-state index contributed by atoms with van der Waals surface area (Å²) in [7, 11) is 0. The minimum Gasteiger partial charge on any atom is -0.460 e. The zero-order valence-electron chi connectivity index (χ0n) is 9.66. The first kappa shape index (κ1) is 11.2. The SMILES string of the molecule is CC(C)(CO)NCc1cc2ccccc2o1. The molecular weight excluding hydrogens is 202 g/mol. The van der Waals surface area contributed by atoms with Crippen molar-refractivity contribution in [2.24, 2.45) is 0 Å². The second-order valence-corrected chi connectivity index (χ2v) is 4.65. The van der Waals surface area contributed by atoms with Gasteiger partial charge in [0.25, 0.3) is 0 Å². The number of para-hydroxylation sites is 1. The lowest BCUT2D eigenvalue weighted by Gasteiger charge is -2.22. The number of fused-ring (bicyclic) bond motifs is 1. The predicted molar refractivity (Wildman–Crippen MR) is 64.2 cm³/mol. The fourth-order valence-electron chi connectivity index (χ4n) is 1.51. The summed E-state index contributed by atoms with van der Waals surface area (Å²) in [4.78, 5) is 0. The third kappa shape index (κ3) is 2.43. The molecular formula is C13H17NO2. The molecule has 0 radical (unpaired) electrons. The van der Waals surface area contributed by atoms with E-state index in [9.17, 15) is 0 Å². The Balaban J connectivity index is 2.10. The van der Waals surface area contributed by atoms with Crippen molar-refractivity contribution >= 4 is 11.0 Å². The van der Waals surface area contributed by atoms with E-state index in [1.807, 2.05) is 44.2 Å². The van der Waals surface area contributed by atoms with Crippen molar-refractivity contribution in [2.45, 2.75) is 25.9 Å². The van der Waals surface area contributed by atoms with Crippen molar-refractivity contribution in [3.63, 3.8) is 0 Å². The largest absolute Gasteiger partial charge is 0.460 e. The highest BCUT2D eigenvalue weighted by Gasteiger charge is 2.15. The maximum atomic E-state index is 9.12. The highest BCUT2D eigenvalue weighted by atomic mass is 16.3. The maximum absolute atomic E-state index is 9.12. The van der Waals surface area contributed by atoms with E-state index in [1.54, 1.807) is 0 Å². The monoisotopic (exact) mass is 219 g/mol. The van der Waals surface area contributed by atoms with Crippen molar-refractivity contribution < 1.29 is 9.52 Å². The highest BCUT2D eigenvalue weighted by molar-refractivity contribution is 5.77. The Hall–Kier alpha value is -1.32. The van der Waals surface area contributed by atoms with Gasteiger partial charge in [-0.3, -0.25) is 0 Å². The number of nitrogens with one attached hydrogen (secondary N) is 1. The third-order valence-corrected chi connectivity index (χ3v) is 2.61. The standard InChI is InChI=1S/C13H17NO2/c1-13(2,9-15)14-8-11-7-10-5-3-4-6-12(10)16-11/h3-7,14-15H,8-9H2,1-2H3. The molecule has 0 amide bonds. The van der Waals surface area contributed by atoms with Crippen molar-refractivity contribution in [3.05, 3.63) is 36.1 Å². The van der Waals surface area contributed by atoms with Crippen molar-refractivity contribution in [1.29, 1.82) is 0 Å². The normalized spacial score (nSPS) is 12.2. The molecule has 0 saturated carbocycles. The fourth-order valence-corrected chi connectivity index (χ4v) is 1.51. The van der Waals surface area contributed by atoms with E-state index in [-0.39, 0.29) is 12.1 Å². The number of aliphatic hydroxyl groups excluding tert-OH is 1. The molecule has 0 saturated heterocycles. The molecule has 0 fully saturated rings. The van der Waals surface area contributed by atoms with Gasteiger partial charge in [-0.15, -0.1) is 0 Å². The first-order chi connectivity index (χ1) is 7.61. The summed E-state index contributed by atoms with van der Waals surface area (Å²) in [6, 6.07) is 9.96. The van der Waals surface area contributed by atoms with E-state index in [4.69, 9.17) is 9.52 Å². The summed E-state index contributed by atoms with van der Waals surface area (Å²) in [6.45, 7) is 4.64. The number of furan rings is 1. The lowest BCUT2D eigenvalue weighted by atomic mass is 10.1.